The van der Waals surface area contributed by atoms with Gasteiger partial charge >= 0.3 is 11.9 Å². The predicted octanol–water partition coefficient (Wildman–Crippen LogP) is 10.3. The Hall–Kier alpha value is -3.18. The Balaban J connectivity index is 0.000000199. The van der Waals surface area contributed by atoms with Gasteiger partial charge in [-0.1, -0.05) is 77.3 Å². The summed E-state index contributed by atoms with van der Waals surface area (Å²) in [4.78, 5) is 29.4. The SMILES string of the molecule is COC(=O)[C@H](CCCCN)CCCCC[C@]12CCN(CC3CC3)[C@H](Cc3ccc(O)cc31)[C@@H]2C.C[C@H]1[C@H]2Cc3ccc(O)cc3[C@]1(CCCCC[C@@H](CCCCN)C(=O)O)CCN2CC1CC1. The number of nitrogens with two attached hydrogens (primary N) is 2. The second kappa shape index (κ2) is 24.1. The van der Waals surface area contributed by atoms with E-state index >= 15 is 0 Å². The average molecular weight is 927 g/mol. The number of aromatic hydroxyl groups is 2. The quantitative estimate of drug-likeness (QED) is 0.0454. The number of carboxylic acid groups (broad SMARTS) is 1. The molecule has 4 aliphatic carbocycles. The Morgan fingerprint density at radius 1 is 0.642 bits per heavy atom. The van der Waals surface area contributed by atoms with Gasteiger partial charge in [0.2, 0.25) is 0 Å². The van der Waals surface area contributed by atoms with Crippen LogP contribution in [0.1, 0.15) is 177 Å². The molecule has 2 saturated carbocycles. The Morgan fingerprint density at radius 2 is 1.06 bits per heavy atom. The number of carbonyl (C=O) groups excluding carboxylic acids is 1. The molecule has 10 nitrogen and oxygen atoms in total. The number of piperidine rings is 2. The molecular formula is C57H90N4O6. The summed E-state index contributed by atoms with van der Waals surface area (Å²) >= 11 is 0. The minimum atomic E-state index is -0.651. The second-order valence-electron chi connectivity index (χ2n) is 22.5. The van der Waals surface area contributed by atoms with Gasteiger partial charge in [-0.2, -0.15) is 0 Å². The standard InChI is InChI=1S/C29H46N2O3.C28H44N2O3/c1-21-27-18-24-12-13-25(32)19-26(24)29(21,15-17-31(27)20-22-10-11-22)14-6-3-4-8-23(28(33)34-2)9-5-7-16-30;1-20-26-17-23-11-12-24(31)18-25(23)28(20,14-16-30(26)19-21-9-10-21)13-5-2-3-7-22(27(32)33)8-4-6-15-29/h12-13,19,21-23,27,32H,3-11,14-18,20,30H2,1-2H3;11-12,18,20-22,26,31H,2-10,13-17,19,29H2,1H3,(H,32,33)/t21-,23-,27+,29+;20-,22-,26+,28+/m00/s1. The number of hydrogen-bond donors (Lipinski definition) is 5. The lowest BCUT2D eigenvalue weighted by atomic mass is 9.56. The van der Waals surface area contributed by atoms with Gasteiger partial charge in [0.25, 0.3) is 0 Å². The molecule has 374 valence electrons. The van der Waals surface area contributed by atoms with Crippen molar-refractivity contribution in [2.24, 2.45) is 47.0 Å². The molecule has 4 bridgehead atoms. The topological polar surface area (TPSA) is 163 Å². The van der Waals surface area contributed by atoms with Crippen LogP contribution in [0.5, 0.6) is 11.5 Å². The molecule has 10 heteroatoms. The molecule has 2 aromatic rings. The number of hydrogen-bond acceptors (Lipinski definition) is 9. The summed E-state index contributed by atoms with van der Waals surface area (Å²) in [5.41, 5.74) is 17.2. The zero-order valence-corrected chi connectivity index (χ0v) is 41.9. The molecule has 8 rings (SSSR count). The molecule has 67 heavy (non-hydrogen) atoms. The van der Waals surface area contributed by atoms with E-state index in [0.717, 1.165) is 115 Å². The molecule has 8 atom stereocenters. The second-order valence-corrected chi connectivity index (χ2v) is 22.5. The van der Waals surface area contributed by atoms with Crippen LogP contribution < -0.4 is 11.5 Å². The van der Waals surface area contributed by atoms with Gasteiger partial charge < -0.3 is 31.5 Å². The molecule has 0 radical (unpaired) electrons. The number of esters is 1. The third-order valence-corrected chi connectivity index (χ3v) is 18.3. The van der Waals surface area contributed by atoms with Crippen molar-refractivity contribution in [2.45, 2.75) is 191 Å². The van der Waals surface area contributed by atoms with Gasteiger partial charge in [-0.15, -0.1) is 0 Å². The highest BCUT2D eigenvalue weighted by Crippen LogP contribution is 2.54. The summed E-state index contributed by atoms with van der Waals surface area (Å²) in [5, 5.41) is 30.2. The Labute approximate surface area is 404 Å². The van der Waals surface area contributed by atoms with E-state index < -0.39 is 5.97 Å². The van der Waals surface area contributed by atoms with E-state index in [2.05, 4.69) is 47.9 Å². The first-order valence-corrected chi connectivity index (χ1v) is 27.3. The minimum absolute atomic E-state index is 0.0102. The summed E-state index contributed by atoms with van der Waals surface area (Å²) in [6.45, 7) is 11.1. The van der Waals surface area contributed by atoms with Crippen LogP contribution in [0.3, 0.4) is 0 Å². The number of fused-ring (bicyclic) bond motifs is 8. The molecule has 4 fully saturated rings. The summed E-state index contributed by atoms with van der Waals surface area (Å²) in [7, 11) is 1.50. The van der Waals surface area contributed by atoms with Crippen molar-refractivity contribution in [3.63, 3.8) is 0 Å². The number of benzene rings is 2. The molecular weight excluding hydrogens is 837 g/mol. The van der Waals surface area contributed by atoms with Gasteiger partial charge in [0, 0.05) is 36.0 Å². The lowest BCUT2D eigenvalue weighted by Crippen LogP contribution is -2.59. The molecule has 7 N–H and O–H groups in total. The number of nitrogens with zero attached hydrogens (tertiary/aromatic N) is 2. The zero-order chi connectivity index (χ0) is 47.6. The number of likely N-dealkylation sites (tertiary alicyclic amines) is 2. The lowest BCUT2D eigenvalue weighted by Gasteiger charge is -2.56. The Morgan fingerprint density at radius 3 is 1.45 bits per heavy atom. The van der Waals surface area contributed by atoms with E-state index in [-0.39, 0.29) is 28.6 Å². The van der Waals surface area contributed by atoms with Crippen LogP contribution in [0.2, 0.25) is 0 Å². The monoisotopic (exact) mass is 927 g/mol. The fourth-order valence-electron chi connectivity index (χ4n) is 13.8. The van der Waals surface area contributed by atoms with Crippen LogP contribution in [0, 0.1) is 35.5 Å². The average Bonchev–Trinajstić information content (AvgIpc) is 4.27. The number of rotatable bonds is 26. The Bertz CT molecular complexity index is 1900. The van der Waals surface area contributed by atoms with Crippen molar-refractivity contribution in [3.8, 4) is 11.5 Å². The highest BCUT2D eigenvalue weighted by atomic mass is 16.5. The largest absolute Gasteiger partial charge is 0.508 e. The normalized spacial score (nSPS) is 27.5. The van der Waals surface area contributed by atoms with E-state index in [1.54, 1.807) is 0 Å². The number of phenolic OH excluding ortho intramolecular Hbond substituents is 2. The molecule has 2 aliphatic heterocycles. The van der Waals surface area contributed by atoms with E-state index in [4.69, 9.17) is 16.2 Å². The molecule has 6 aliphatic rings. The van der Waals surface area contributed by atoms with E-state index in [0.29, 0.717) is 48.5 Å². The zero-order valence-electron chi connectivity index (χ0n) is 41.9. The first kappa shape index (κ1) is 51.7. The van der Waals surface area contributed by atoms with Crippen LogP contribution in [0.4, 0.5) is 0 Å². The summed E-state index contributed by atoms with van der Waals surface area (Å²) < 4.78 is 5.06. The van der Waals surface area contributed by atoms with Gasteiger partial charge in [-0.05, 0) is 199 Å². The summed E-state index contributed by atoms with van der Waals surface area (Å²) in [5.74, 6) is 2.89. The molecule has 2 saturated heterocycles. The number of methoxy groups -OCH3 is 1. The van der Waals surface area contributed by atoms with Gasteiger partial charge in [0.15, 0.2) is 0 Å². The summed E-state index contributed by atoms with van der Waals surface area (Å²) in [6, 6.07) is 13.4. The highest BCUT2D eigenvalue weighted by Gasteiger charge is 2.53. The number of aliphatic carboxylic acids is 1. The minimum Gasteiger partial charge on any atom is -0.508 e. The molecule has 0 spiro atoms. The van der Waals surface area contributed by atoms with Crippen molar-refractivity contribution in [1.29, 1.82) is 0 Å². The van der Waals surface area contributed by atoms with Gasteiger partial charge in [0.05, 0.1) is 18.9 Å². The van der Waals surface area contributed by atoms with Gasteiger partial charge in [0.1, 0.15) is 11.5 Å². The van der Waals surface area contributed by atoms with Crippen LogP contribution in [-0.4, -0.2) is 95.5 Å². The fourth-order valence-corrected chi connectivity index (χ4v) is 13.8. The maximum absolute atomic E-state index is 12.2. The maximum atomic E-state index is 12.2. The number of carboxylic acids is 1. The maximum Gasteiger partial charge on any atom is 0.308 e. The van der Waals surface area contributed by atoms with E-state index in [9.17, 15) is 24.9 Å². The van der Waals surface area contributed by atoms with Crippen molar-refractivity contribution < 1.29 is 29.6 Å². The smallest absolute Gasteiger partial charge is 0.308 e. The number of carbonyl (C=O) groups is 2. The van der Waals surface area contributed by atoms with Crippen LogP contribution in [-0.2, 0) is 38.0 Å². The number of ether oxygens (including phenoxy) is 1. The fraction of sp³-hybridized carbons (Fsp3) is 0.754. The van der Waals surface area contributed by atoms with Crippen LogP contribution >= 0.6 is 0 Å². The van der Waals surface area contributed by atoms with Crippen molar-refractivity contribution in [2.75, 3.05) is 46.4 Å². The van der Waals surface area contributed by atoms with Crippen molar-refractivity contribution in [3.05, 3.63) is 58.7 Å². The van der Waals surface area contributed by atoms with Crippen molar-refractivity contribution >= 4 is 11.9 Å². The third-order valence-electron chi connectivity index (χ3n) is 18.3. The third kappa shape index (κ3) is 12.8. The predicted molar refractivity (Wildman–Crippen MR) is 269 cm³/mol. The number of phenols is 2. The highest BCUT2D eigenvalue weighted by molar-refractivity contribution is 5.72. The van der Waals surface area contributed by atoms with Crippen LogP contribution in [0.15, 0.2) is 36.4 Å². The van der Waals surface area contributed by atoms with Gasteiger partial charge in [-0.3, -0.25) is 19.4 Å². The van der Waals surface area contributed by atoms with Gasteiger partial charge in [-0.25, -0.2) is 0 Å². The lowest BCUT2D eigenvalue weighted by molar-refractivity contribution is -0.146. The molecule has 0 aromatic heterocycles. The first-order valence-electron chi connectivity index (χ1n) is 27.3. The van der Waals surface area contributed by atoms with Crippen LogP contribution in [0.25, 0.3) is 0 Å². The summed E-state index contributed by atoms with van der Waals surface area (Å²) in [6.07, 6.45) is 26.2. The van der Waals surface area contributed by atoms with E-state index in [1.165, 1.54) is 107 Å². The van der Waals surface area contributed by atoms with E-state index in [1.807, 2.05) is 12.1 Å². The molecule has 2 aromatic carbocycles. The van der Waals surface area contributed by atoms with Crippen molar-refractivity contribution in [1.82, 2.24) is 9.80 Å². The first-order chi connectivity index (χ1) is 32.4. The molecule has 0 amide bonds. The number of unbranched alkanes of at least 4 members (excludes halogenated alkanes) is 6. The Kier molecular flexibility index (Phi) is 18.6. The molecule has 2 heterocycles. The molecule has 0 unspecified atom stereocenters.